The van der Waals surface area contributed by atoms with Crippen LogP contribution in [-0.4, -0.2) is 38.9 Å². The van der Waals surface area contributed by atoms with E-state index in [1.54, 1.807) is 42.5 Å². The zero-order valence-corrected chi connectivity index (χ0v) is 20.7. The number of hydrogen-bond donors (Lipinski definition) is 1. The average molecular weight is 491 g/mol. The summed E-state index contributed by atoms with van der Waals surface area (Å²) in [4.78, 5) is 24.4. The molecule has 0 aromatic heterocycles. The molecule has 8 nitrogen and oxygen atoms in total. The lowest BCUT2D eigenvalue weighted by molar-refractivity contribution is -0.123. The lowest BCUT2D eigenvalue weighted by atomic mass is 10.1. The molecule has 3 aromatic carbocycles. The maximum absolute atomic E-state index is 12.4. The van der Waals surface area contributed by atoms with Crippen LogP contribution in [0.1, 0.15) is 41.3 Å². The Kier molecular flexibility index (Phi) is 9.88. The Hall–Kier alpha value is -4.33. The molecule has 8 heteroatoms. The Morgan fingerprint density at radius 2 is 1.58 bits per heavy atom. The Labute approximate surface area is 210 Å². The SMILES string of the molecule is CCCCc1ccc(OCC(=O)NN=Cc2ccc(OC(=O)c3ccc(OC)c(OC)c3)cc2)cc1. The molecule has 0 unspecified atom stereocenters. The van der Waals surface area contributed by atoms with Gasteiger partial charge in [0.05, 0.1) is 26.0 Å². The van der Waals surface area contributed by atoms with Crippen molar-refractivity contribution in [2.24, 2.45) is 5.10 Å². The van der Waals surface area contributed by atoms with Crippen LogP contribution in [0.3, 0.4) is 0 Å². The third-order valence-corrected chi connectivity index (χ3v) is 5.23. The van der Waals surface area contributed by atoms with Gasteiger partial charge in [0.1, 0.15) is 11.5 Å². The highest BCUT2D eigenvalue weighted by Crippen LogP contribution is 2.28. The normalized spacial score (nSPS) is 10.6. The number of nitrogens with zero attached hydrogens (tertiary/aromatic N) is 1. The van der Waals surface area contributed by atoms with E-state index in [4.69, 9.17) is 18.9 Å². The van der Waals surface area contributed by atoms with Crippen LogP contribution in [-0.2, 0) is 11.2 Å². The maximum atomic E-state index is 12.4. The van der Waals surface area contributed by atoms with Gasteiger partial charge in [-0.2, -0.15) is 5.10 Å². The number of benzene rings is 3. The molecule has 0 fully saturated rings. The smallest absolute Gasteiger partial charge is 0.343 e. The average Bonchev–Trinajstić information content (AvgIpc) is 2.91. The number of hydrazone groups is 1. The second-order valence-electron chi connectivity index (χ2n) is 7.86. The molecular formula is C28H30N2O6. The molecule has 0 atom stereocenters. The predicted octanol–water partition coefficient (Wildman–Crippen LogP) is 4.79. The van der Waals surface area contributed by atoms with Gasteiger partial charge in [-0.3, -0.25) is 4.79 Å². The zero-order valence-electron chi connectivity index (χ0n) is 20.7. The standard InChI is InChI=1S/C28H30N2O6/c1-4-5-6-20-7-12-23(13-8-20)35-19-27(31)30-29-18-21-9-14-24(15-10-21)36-28(32)22-11-16-25(33-2)26(17-22)34-3/h7-18H,4-6,19H2,1-3H3,(H,30,31). The number of unbranched alkanes of at least 4 members (excludes halogenated alkanes) is 1. The molecule has 36 heavy (non-hydrogen) atoms. The number of rotatable bonds is 12. The Morgan fingerprint density at radius 3 is 2.25 bits per heavy atom. The van der Waals surface area contributed by atoms with Crippen molar-refractivity contribution in [1.82, 2.24) is 5.43 Å². The molecule has 0 spiro atoms. The van der Waals surface area contributed by atoms with Crippen LogP contribution in [0, 0.1) is 0 Å². The van der Waals surface area contributed by atoms with E-state index in [9.17, 15) is 9.59 Å². The van der Waals surface area contributed by atoms with E-state index in [1.165, 1.54) is 26.0 Å². The summed E-state index contributed by atoms with van der Waals surface area (Å²) in [6.07, 6.45) is 4.82. The van der Waals surface area contributed by atoms with E-state index in [0.717, 1.165) is 19.3 Å². The summed E-state index contributed by atoms with van der Waals surface area (Å²) in [7, 11) is 3.02. The molecule has 0 saturated carbocycles. The first kappa shape index (κ1) is 26.3. The molecule has 3 aromatic rings. The minimum Gasteiger partial charge on any atom is -0.493 e. The van der Waals surface area contributed by atoms with Crippen LogP contribution in [0.2, 0.25) is 0 Å². The van der Waals surface area contributed by atoms with Crippen molar-refractivity contribution in [3.8, 4) is 23.0 Å². The second-order valence-corrected chi connectivity index (χ2v) is 7.86. The van der Waals surface area contributed by atoms with Gasteiger partial charge in [0, 0.05) is 0 Å². The highest BCUT2D eigenvalue weighted by Gasteiger charge is 2.13. The number of carbonyl (C=O) groups excluding carboxylic acids is 2. The number of amides is 1. The largest absolute Gasteiger partial charge is 0.493 e. The van der Waals surface area contributed by atoms with E-state index >= 15 is 0 Å². The molecule has 1 amide bonds. The summed E-state index contributed by atoms with van der Waals surface area (Å²) in [5.41, 5.74) is 4.72. The molecule has 1 N–H and O–H groups in total. The lowest BCUT2D eigenvalue weighted by Gasteiger charge is -2.09. The summed E-state index contributed by atoms with van der Waals surface area (Å²) < 4.78 is 21.3. The maximum Gasteiger partial charge on any atom is 0.343 e. The van der Waals surface area contributed by atoms with Crippen LogP contribution in [0.25, 0.3) is 0 Å². The van der Waals surface area contributed by atoms with Crippen LogP contribution in [0.4, 0.5) is 0 Å². The topological polar surface area (TPSA) is 95.5 Å². The monoisotopic (exact) mass is 490 g/mol. The van der Waals surface area contributed by atoms with Gasteiger partial charge in [0.15, 0.2) is 18.1 Å². The minimum absolute atomic E-state index is 0.142. The highest BCUT2D eigenvalue weighted by molar-refractivity contribution is 5.92. The Morgan fingerprint density at radius 1 is 0.889 bits per heavy atom. The van der Waals surface area contributed by atoms with Crippen molar-refractivity contribution in [3.63, 3.8) is 0 Å². The molecular weight excluding hydrogens is 460 g/mol. The Balaban J connectivity index is 1.45. The molecule has 0 bridgehead atoms. The van der Waals surface area contributed by atoms with Crippen molar-refractivity contribution in [2.45, 2.75) is 26.2 Å². The van der Waals surface area contributed by atoms with Gasteiger partial charge in [0.25, 0.3) is 5.91 Å². The van der Waals surface area contributed by atoms with Crippen LogP contribution in [0.5, 0.6) is 23.0 Å². The van der Waals surface area contributed by atoms with Crippen molar-refractivity contribution < 1.29 is 28.5 Å². The van der Waals surface area contributed by atoms with Gasteiger partial charge in [-0.1, -0.05) is 25.5 Å². The van der Waals surface area contributed by atoms with E-state index in [-0.39, 0.29) is 12.5 Å². The Bertz CT molecular complexity index is 1170. The van der Waals surface area contributed by atoms with Crippen molar-refractivity contribution in [2.75, 3.05) is 20.8 Å². The third-order valence-electron chi connectivity index (χ3n) is 5.23. The van der Waals surface area contributed by atoms with Gasteiger partial charge in [-0.05, 0) is 78.6 Å². The summed E-state index contributed by atoms with van der Waals surface area (Å²) >= 11 is 0. The summed E-state index contributed by atoms with van der Waals surface area (Å²) in [5, 5.41) is 3.94. The van der Waals surface area contributed by atoms with Gasteiger partial charge < -0.3 is 18.9 Å². The van der Waals surface area contributed by atoms with E-state index < -0.39 is 5.97 Å². The van der Waals surface area contributed by atoms with E-state index in [1.807, 2.05) is 24.3 Å². The number of hydrogen-bond acceptors (Lipinski definition) is 7. The number of carbonyl (C=O) groups is 2. The molecule has 0 radical (unpaired) electrons. The van der Waals surface area contributed by atoms with E-state index in [0.29, 0.717) is 34.1 Å². The third kappa shape index (κ3) is 7.87. The number of aryl methyl sites for hydroxylation is 1. The number of nitrogens with one attached hydrogen (secondary N) is 1. The lowest BCUT2D eigenvalue weighted by Crippen LogP contribution is -2.24. The second kappa shape index (κ2) is 13.5. The minimum atomic E-state index is -0.528. The van der Waals surface area contributed by atoms with Gasteiger partial charge >= 0.3 is 5.97 Å². The number of esters is 1. The fraction of sp³-hybridized carbons (Fsp3) is 0.250. The van der Waals surface area contributed by atoms with Gasteiger partial charge in [0.2, 0.25) is 0 Å². The summed E-state index contributed by atoms with van der Waals surface area (Å²) in [5.74, 6) is 1.05. The first-order chi connectivity index (χ1) is 17.5. The number of methoxy groups -OCH3 is 2. The molecule has 3 rings (SSSR count). The highest BCUT2D eigenvalue weighted by atomic mass is 16.5. The predicted molar refractivity (Wildman–Crippen MR) is 137 cm³/mol. The quantitative estimate of drug-likeness (QED) is 0.170. The molecule has 0 saturated heterocycles. The van der Waals surface area contributed by atoms with Gasteiger partial charge in [-0.15, -0.1) is 0 Å². The summed E-state index contributed by atoms with van der Waals surface area (Å²) in [6, 6.07) is 19.2. The van der Waals surface area contributed by atoms with E-state index in [2.05, 4.69) is 17.5 Å². The van der Waals surface area contributed by atoms with Crippen molar-refractivity contribution >= 4 is 18.1 Å². The van der Waals surface area contributed by atoms with Crippen molar-refractivity contribution in [1.29, 1.82) is 0 Å². The molecule has 0 aliphatic heterocycles. The first-order valence-corrected chi connectivity index (χ1v) is 11.6. The molecule has 188 valence electrons. The van der Waals surface area contributed by atoms with Crippen molar-refractivity contribution in [3.05, 3.63) is 83.4 Å². The molecule has 0 heterocycles. The van der Waals surface area contributed by atoms with Crippen LogP contribution < -0.4 is 24.4 Å². The number of ether oxygens (including phenoxy) is 4. The zero-order chi connectivity index (χ0) is 25.8. The molecule has 0 aliphatic carbocycles. The summed E-state index contributed by atoms with van der Waals surface area (Å²) in [6.45, 7) is 2.02. The first-order valence-electron chi connectivity index (χ1n) is 11.6. The van der Waals surface area contributed by atoms with Crippen LogP contribution >= 0.6 is 0 Å². The van der Waals surface area contributed by atoms with Gasteiger partial charge in [-0.25, -0.2) is 10.2 Å². The fourth-order valence-electron chi connectivity index (χ4n) is 3.24. The van der Waals surface area contributed by atoms with Crippen LogP contribution in [0.15, 0.2) is 71.8 Å². The molecule has 0 aliphatic rings. The fourth-order valence-corrected chi connectivity index (χ4v) is 3.24.